The highest BCUT2D eigenvalue weighted by molar-refractivity contribution is 7.89. The van der Waals surface area contributed by atoms with E-state index in [0.717, 1.165) is 11.1 Å². The van der Waals surface area contributed by atoms with Gasteiger partial charge in [0.05, 0.1) is 13.7 Å². The number of carbonyl (C=O) groups is 2. The minimum Gasteiger partial charge on any atom is -0.495 e. The van der Waals surface area contributed by atoms with Crippen molar-refractivity contribution in [3.05, 3.63) is 58.6 Å². The minimum absolute atomic E-state index is 0.00155. The summed E-state index contributed by atoms with van der Waals surface area (Å²) in [6.45, 7) is 6.45. The quantitative estimate of drug-likeness (QED) is 0.545. The van der Waals surface area contributed by atoms with E-state index in [4.69, 9.17) is 16.3 Å². The van der Waals surface area contributed by atoms with Crippen molar-refractivity contribution >= 4 is 33.4 Å². The van der Waals surface area contributed by atoms with Gasteiger partial charge in [0.2, 0.25) is 21.8 Å². The average molecular weight is 534 g/mol. The summed E-state index contributed by atoms with van der Waals surface area (Å²) in [6.07, 6.45) is -0.539. The predicted molar refractivity (Wildman–Crippen MR) is 137 cm³/mol. The number of hydrogen-bond donors (Lipinski definition) is 0. The number of halogens is 1. The van der Waals surface area contributed by atoms with Crippen LogP contribution in [0.1, 0.15) is 31.4 Å². The van der Waals surface area contributed by atoms with Gasteiger partial charge in [-0.1, -0.05) is 43.6 Å². The van der Waals surface area contributed by atoms with Crippen LogP contribution in [0.4, 0.5) is 0 Å². The number of nitrogens with zero attached hydrogens (tertiary/aromatic N) is 3. The van der Waals surface area contributed by atoms with Crippen LogP contribution in [0.25, 0.3) is 0 Å². The zero-order valence-electron chi connectivity index (χ0n) is 21.0. The third-order valence-corrected chi connectivity index (χ3v) is 8.81. The average Bonchev–Trinajstić information content (AvgIpc) is 2.82. The van der Waals surface area contributed by atoms with Crippen LogP contribution in [0.5, 0.6) is 5.75 Å². The second kappa shape index (κ2) is 10.4. The van der Waals surface area contributed by atoms with Crippen LogP contribution < -0.4 is 4.74 Å². The monoisotopic (exact) mass is 533 g/mol. The van der Waals surface area contributed by atoms with E-state index in [1.807, 2.05) is 32.9 Å². The van der Waals surface area contributed by atoms with Gasteiger partial charge >= 0.3 is 0 Å². The van der Waals surface area contributed by atoms with Gasteiger partial charge in [0.1, 0.15) is 22.9 Å². The van der Waals surface area contributed by atoms with Crippen LogP contribution in [0.15, 0.2) is 47.4 Å². The first-order valence-electron chi connectivity index (χ1n) is 12.0. The number of ether oxygens (including phenoxy) is 1. The molecule has 0 N–H and O–H groups in total. The van der Waals surface area contributed by atoms with Gasteiger partial charge in [-0.15, -0.1) is 0 Å². The number of benzene rings is 2. The summed E-state index contributed by atoms with van der Waals surface area (Å²) >= 11 is 6.04. The van der Waals surface area contributed by atoms with E-state index in [1.165, 1.54) is 16.3 Å². The maximum absolute atomic E-state index is 14.0. The third kappa shape index (κ3) is 5.10. The Kier molecular flexibility index (Phi) is 7.64. The molecular weight excluding hydrogens is 502 g/mol. The third-order valence-electron chi connectivity index (χ3n) is 6.64. The molecule has 8 nitrogen and oxygen atoms in total. The lowest BCUT2D eigenvalue weighted by Gasteiger charge is -2.52. The van der Waals surface area contributed by atoms with Crippen molar-refractivity contribution < 1.29 is 22.7 Å². The van der Waals surface area contributed by atoms with Crippen molar-refractivity contribution in [3.63, 3.8) is 0 Å². The Balaban J connectivity index is 1.77. The molecule has 2 atom stereocenters. The topological polar surface area (TPSA) is 87.2 Å². The number of hydrogen-bond acceptors (Lipinski definition) is 5. The molecule has 0 aromatic heterocycles. The van der Waals surface area contributed by atoms with Gasteiger partial charge in [-0.2, -0.15) is 4.31 Å². The number of aryl methyl sites for hydroxylation is 1. The molecule has 2 unspecified atom stereocenters. The van der Waals surface area contributed by atoms with Crippen LogP contribution in [0.3, 0.4) is 0 Å². The highest BCUT2D eigenvalue weighted by Crippen LogP contribution is 2.35. The number of methoxy groups -OCH3 is 1. The second-order valence-corrected chi connectivity index (χ2v) is 12.1. The SMILES string of the molecule is COc1ccc(C)cc1S(=O)(=O)N1CCC(=O)N2C(Cc3ccc(Cl)cc3)C(=O)N(CC(C)C)CC21. The fraction of sp³-hybridized carbons (Fsp3) is 0.462. The largest absolute Gasteiger partial charge is 0.495 e. The maximum Gasteiger partial charge on any atom is 0.248 e. The van der Waals surface area contributed by atoms with E-state index < -0.39 is 22.2 Å². The van der Waals surface area contributed by atoms with E-state index in [1.54, 1.807) is 35.2 Å². The molecule has 0 spiro atoms. The van der Waals surface area contributed by atoms with Crippen molar-refractivity contribution in [2.45, 2.75) is 50.7 Å². The lowest BCUT2D eigenvalue weighted by atomic mass is 9.97. The summed E-state index contributed by atoms with van der Waals surface area (Å²) in [5.41, 5.74) is 1.62. The van der Waals surface area contributed by atoms with Crippen LogP contribution in [-0.2, 0) is 26.0 Å². The van der Waals surface area contributed by atoms with E-state index in [9.17, 15) is 18.0 Å². The second-order valence-electron chi connectivity index (χ2n) is 9.79. The van der Waals surface area contributed by atoms with E-state index in [-0.39, 0.29) is 54.3 Å². The van der Waals surface area contributed by atoms with Crippen molar-refractivity contribution in [3.8, 4) is 5.75 Å². The molecule has 2 fully saturated rings. The number of piperazine rings is 1. The molecule has 4 rings (SSSR count). The van der Waals surface area contributed by atoms with E-state index >= 15 is 0 Å². The first-order chi connectivity index (χ1) is 17.0. The molecule has 194 valence electrons. The fourth-order valence-electron chi connectivity index (χ4n) is 4.99. The van der Waals surface area contributed by atoms with Crippen molar-refractivity contribution in [2.24, 2.45) is 5.92 Å². The van der Waals surface area contributed by atoms with E-state index in [2.05, 4.69) is 0 Å². The van der Waals surface area contributed by atoms with Crippen LogP contribution >= 0.6 is 11.6 Å². The number of sulfonamides is 1. The molecule has 0 bridgehead atoms. The summed E-state index contributed by atoms with van der Waals surface area (Å²) < 4.78 is 34.7. The minimum atomic E-state index is -4.03. The van der Waals surface area contributed by atoms with Gasteiger partial charge in [0.15, 0.2) is 0 Å². The lowest BCUT2D eigenvalue weighted by Crippen LogP contribution is -2.71. The zero-order chi connectivity index (χ0) is 26.2. The lowest BCUT2D eigenvalue weighted by molar-refractivity contribution is -0.165. The molecule has 2 heterocycles. The molecule has 0 saturated carbocycles. The molecular formula is C26H32ClN3O5S. The fourth-order valence-corrected chi connectivity index (χ4v) is 6.93. The number of carbonyl (C=O) groups excluding carboxylic acids is 2. The van der Waals surface area contributed by atoms with Crippen LogP contribution in [0, 0.1) is 12.8 Å². The van der Waals surface area contributed by atoms with Gasteiger partial charge in [0, 0.05) is 31.0 Å². The molecule has 2 amide bonds. The van der Waals surface area contributed by atoms with Crippen molar-refractivity contribution in [1.82, 2.24) is 14.1 Å². The van der Waals surface area contributed by atoms with Gasteiger partial charge in [-0.05, 0) is 48.2 Å². The normalized spacial score (nSPS) is 21.2. The molecule has 0 radical (unpaired) electrons. The Morgan fingerprint density at radius 3 is 2.44 bits per heavy atom. The summed E-state index contributed by atoms with van der Waals surface area (Å²) in [4.78, 5) is 30.1. The molecule has 2 aliphatic heterocycles. The highest BCUT2D eigenvalue weighted by Gasteiger charge is 2.51. The summed E-state index contributed by atoms with van der Waals surface area (Å²) in [6, 6.07) is 11.3. The molecule has 2 aromatic carbocycles. The van der Waals surface area contributed by atoms with Gasteiger partial charge in [-0.25, -0.2) is 8.42 Å². The summed E-state index contributed by atoms with van der Waals surface area (Å²) in [5, 5.41) is 0.575. The number of amides is 2. The number of fused-ring (bicyclic) bond motifs is 1. The molecule has 2 aromatic rings. The van der Waals surface area contributed by atoms with Gasteiger partial charge < -0.3 is 14.5 Å². The van der Waals surface area contributed by atoms with Crippen LogP contribution in [-0.4, -0.2) is 73.3 Å². The number of rotatable bonds is 7. The zero-order valence-corrected chi connectivity index (χ0v) is 22.6. The molecule has 0 aliphatic carbocycles. The molecule has 2 aliphatic rings. The van der Waals surface area contributed by atoms with Gasteiger partial charge in [-0.3, -0.25) is 9.59 Å². The van der Waals surface area contributed by atoms with Crippen molar-refractivity contribution in [1.29, 1.82) is 0 Å². The Morgan fingerprint density at radius 2 is 1.81 bits per heavy atom. The Labute approximate surface area is 217 Å². The van der Waals surface area contributed by atoms with Crippen molar-refractivity contribution in [2.75, 3.05) is 26.7 Å². The summed E-state index contributed by atoms with van der Waals surface area (Å²) in [5.74, 6) is 0.0281. The first kappa shape index (κ1) is 26.4. The van der Waals surface area contributed by atoms with Gasteiger partial charge in [0.25, 0.3) is 0 Å². The Morgan fingerprint density at radius 1 is 1.11 bits per heavy atom. The standard InChI is InChI=1S/C26H32ClN3O5S/c1-17(2)15-28-16-24-29(36(33,34)23-13-18(3)5-10-22(23)35-4)12-11-25(31)30(24)21(26(28)32)14-19-6-8-20(27)9-7-19/h5-10,13,17,21,24H,11-12,14-16H2,1-4H3. The predicted octanol–water partition coefficient (Wildman–Crippen LogP) is 3.32. The summed E-state index contributed by atoms with van der Waals surface area (Å²) in [7, 11) is -2.60. The van der Waals surface area contributed by atoms with E-state index in [0.29, 0.717) is 11.6 Å². The molecule has 2 saturated heterocycles. The highest BCUT2D eigenvalue weighted by atomic mass is 35.5. The molecule has 36 heavy (non-hydrogen) atoms. The van der Waals surface area contributed by atoms with Crippen LogP contribution in [0.2, 0.25) is 5.02 Å². The molecule has 10 heteroatoms. The Hall–Kier alpha value is -2.62. The first-order valence-corrected chi connectivity index (χ1v) is 13.9. The maximum atomic E-state index is 14.0. The smallest absolute Gasteiger partial charge is 0.248 e. The Bertz CT molecular complexity index is 1250.